The first-order chi connectivity index (χ1) is 15.7. The SMILES string of the molecule is CC(=O)c1cccc(NC(=O)CSc2nnc3n(CC(C)C)c(=O)c4ccc(Cl)cc4n23)c1. The van der Waals surface area contributed by atoms with Gasteiger partial charge in [-0.15, -0.1) is 10.2 Å². The van der Waals surface area contributed by atoms with Gasteiger partial charge < -0.3 is 5.32 Å². The lowest BCUT2D eigenvalue weighted by molar-refractivity contribution is -0.113. The maximum Gasteiger partial charge on any atom is 0.262 e. The van der Waals surface area contributed by atoms with Gasteiger partial charge in [0.05, 0.1) is 16.7 Å². The predicted octanol–water partition coefficient (Wildman–Crippen LogP) is 4.29. The van der Waals surface area contributed by atoms with Crippen LogP contribution >= 0.6 is 23.4 Å². The number of ketones is 1. The van der Waals surface area contributed by atoms with Gasteiger partial charge in [0.1, 0.15) is 0 Å². The summed E-state index contributed by atoms with van der Waals surface area (Å²) in [6.45, 7) is 6.00. The van der Waals surface area contributed by atoms with Crippen LogP contribution in [0.1, 0.15) is 31.1 Å². The number of nitrogens with one attached hydrogen (secondary N) is 1. The Balaban J connectivity index is 1.66. The lowest BCUT2D eigenvalue weighted by Crippen LogP contribution is -2.25. The van der Waals surface area contributed by atoms with Crippen molar-refractivity contribution in [3.05, 3.63) is 63.4 Å². The first kappa shape index (κ1) is 23.0. The van der Waals surface area contributed by atoms with E-state index in [2.05, 4.69) is 15.5 Å². The number of amides is 1. The Morgan fingerprint density at radius 2 is 1.94 bits per heavy atom. The molecule has 0 aliphatic rings. The summed E-state index contributed by atoms with van der Waals surface area (Å²) in [4.78, 5) is 37.2. The zero-order valence-corrected chi connectivity index (χ0v) is 19.9. The van der Waals surface area contributed by atoms with Crippen molar-refractivity contribution in [2.75, 3.05) is 11.1 Å². The Morgan fingerprint density at radius 1 is 1.15 bits per heavy atom. The van der Waals surface area contributed by atoms with Gasteiger partial charge in [0.25, 0.3) is 5.56 Å². The summed E-state index contributed by atoms with van der Waals surface area (Å²) in [5, 5.41) is 12.7. The normalized spacial score (nSPS) is 11.4. The molecule has 0 fully saturated rings. The van der Waals surface area contributed by atoms with E-state index >= 15 is 0 Å². The van der Waals surface area contributed by atoms with Gasteiger partial charge in [0, 0.05) is 22.8 Å². The van der Waals surface area contributed by atoms with Gasteiger partial charge in [-0.1, -0.05) is 49.3 Å². The molecule has 2 heterocycles. The summed E-state index contributed by atoms with van der Waals surface area (Å²) in [6.07, 6.45) is 0. The van der Waals surface area contributed by atoms with Crippen molar-refractivity contribution in [2.45, 2.75) is 32.5 Å². The monoisotopic (exact) mass is 483 g/mol. The van der Waals surface area contributed by atoms with Crippen LogP contribution in [0.5, 0.6) is 0 Å². The molecule has 0 bridgehead atoms. The molecule has 0 aliphatic heterocycles. The van der Waals surface area contributed by atoms with Crippen LogP contribution in [-0.4, -0.2) is 36.6 Å². The van der Waals surface area contributed by atoms with E-state index in [1.807, 2.05) is 13.8 Å². The van der Waals surface area contributed by atoms with Gasteiger partial charge in [-0.3, -0.25) is 23.4 Å². The highest BCUT2D eigenvalue weighted by molar-refractivity contribution is 7.99. The summed E-state index contributed by atoms with van der Waals surface area (Å²) in [7, 11) is 0. The van der Waals surface area contributed by atoms with Crippen LogP contribution < -0.4 is 10.9 Å². The Kier molecular flexibility index (Phi) is 6.53. The fourth-order valence-corrected chi connectivity index (χ4v) is 4.43. The second kappa shape index (κ2) is 9.36. The van der Waals surface area contributed by atoms with E-state index in [1.54, 1.807) is 51.4 Å². The maximum absolute atomic E-state index is 13.1. The minimum absolute atomic E-state index is 0.0659. The number of rotatable bonds is 7. The van der Waals surface area contributed by atoms with Crippen molar-refractivity contribution in [3.63, 3.8) is 0 Å². The van der Waals surface area contributed by atoms with Crippen molar-refractivity contribution >= 4 is 57.4 Å². The van der Waals surface area contributed by atoms with Crippen LogP contribution in [0.4, 0.5) is 5.69 Å². The lowest BCUT2D eigenvalue weighted by Gasteiger charge is -2.13. The van der Waals surface area contributed by atoms with Crippen LogP contribution in [0.25, 0.3) is 16.7 Å². The predicted molar refractivity (Wildman–Crippen MR) is 130 cm³/mol. The van der Waals surface area contributed by atoms with Crippen LogP contribution in [0.3, 0.4) is 0 Å². The molecule has 0 saturated heterocycles. The molecule has 0 spiro atoms. The van der Waals surface area contributed by atoms with Crippen molar-refractivity contribution in [2.24, 2.45) is 5.92 Å². The number of fused-ring (bicyclic) bond motifs is 3. The number of thioether (sulfide) groups is 1. The van der Waals surface area contributed by atoms with Crippen LogP contribution in [0.2, 0.25) is 5.02 Å². The zero-order valence-electron chi connectivity index (χ0n) is 18.3. The summed E-state index contributed by atoms with van der Waals surface area (Å²) in [5.41, 5.74) is 1.50. The smallest absolute Gasteiger partial charge is 0.262 e. The van der Waals surface area contributed by atoms with Crippen molar-refractivity contribution < 1.29 is 9.59 Å². The second-order valence-electron chi connectivity index (χ2n) is 8.06. The second-order valence-corrected chi connectivity index (χ2v) is 9.44. The Morgan fingerprint density at radius 3 is 2.67 bits per heavy atom. The number of benzene rings is 2. The Bertz CT molecular complexity index is 1440. The van der Waals surface area contributed by atoms with Gasteiger partial charge in [0.2, 0.25) is 11.7 Å². The van der Waals surface area contributed by atoms with Crippen LogP contribution in [0, 0.1) is 5.92 Å². The zero-order chi connectivity index (χ0) is 23.7. The highest BCUT2D eigenvalue weighted by atomic mass is 35.5. The molecule has 2 aromatic carbocycles. The van der Waals surface area contributed by atoms with Crippen LogP contribution in [0.15, 0.2) is 52.4 Å². The number of anilines is 1. The fourth-order valence-electron chi connectivity index (χ4n) is 3.52. The maximum atomic E-state index is 13.1. The third-order valence-electron chi connectivity index (χ3n) is 4.97. The third kappa shape index (κ3) is 4.79. The molecule has 170 valence electrons. The van der Waals surface area contributed by atoms with Crippen molar-refractivity contribution in [1.29, 1.82) is 0 Å². The molecular weight excluding hydrogens is 462 g/mol. The molecule has 2 aromatic heterocycles. The number of carbonyl (C=O) groups is 2. The van der Waals surface area contributed by atoms with E-state index < -0.39 is 0 Å². The largest absolute Gasteiger partial charge is 0.325 e. The molecule has 0 radical (unpaired) electrons. The third-order valence-corrected chi connectivity index (χ3v) is 6.13. The van der Waals surface area contributed by atoms with Crippen molar-refractivity contribution in [3.8, 4) is 0 Å². The number of hydrogen-bond acceptors (Lipinski definition) is 6. The number of Topliss-reactive ketones (excluding diaryl/α,β-unsaturated/α-hetero) is 1. The number of hydrogen-bond donors (Lipinski definition) is 1. The molecule has 10 heteroatoms. The molecule has 4 aromatic rings. The summed E-state index contributed by atoms with van der Waals surface area (Å²) < 4.78 is 3.37. The molecule has 33 heavy (non-hydrogen) atoms. The van der Waals surface area contributed by atoms with E-state index in [-0.39, 0.29) is 28.9 Å². The van der Waals surface area contributed by atoms with E-state index in [9.17, 15) is 14.4 Å². The van der Waals surface area contributed by atoms with Crippen molar-refractivity contribution in [1.82, 2.24) is 19.2 Å². The average molecular weight is 484 g/mol. The fraction of sp³-hybridized carbons (Fsp3) is 0.261. The number of nitrogens with zero attached hydrogens (tertiary/aromatic N) is 4. The highest BCUT2D eigenvalue weighted by Gasteiger charge is 2.18. The van der Waals surface area contributed by atoms with Gasteiger partial charge in [-0.25, -0.2) is 0 Å². The molecule has 0 saturated carbocycles. The summed E-state index contributed by atoms with van der Waals surface area (Å²) >= 11 is 7.41. The molecule has 0 unspecified atom stereocenters. The van der Waals surface area contributed by atoms with E-state index in [4.69, 9.17) is 11.6 Å². The Labute approximate surface area is 199 Å². The number of halogens is 1. The minimum Gasteiger partial charge on any atom is -0.325 e. The van der Waals surface area contributed by atoms with Gasteiger partial charge in [0.15, 0.2) is 10.9 Å². The van der Waals surface area contributed by atoms with Gasteiger partial charge in [-0.2, -0.15) is 0 Å². The topological polar surface area (TPSA) is 98.4 Å². The Hall–Kier alpha value is -3.17. The molecule has 8 nitrogen and oxygen atoms in total. The first-order valence-electron chi connectivity index (χ1n) is 10.4. The summed E-state index contributed by atoms with van der Waals surface area (Å²) in [6, 6.07) is 11.8. The van der Waals surface area contributed by atoms with E-state index in [0.29, 0.717) is 44.7 Å². The van der Waals surface area contributed by atoms with Crippen LogP contribution in [-0.2, 0) is 11.3 Å². The standard InChI is InChI=1S/C23H22ClN5O3S/c1-13(2)11-28-21(32)18-8-7-16(24)10-19(18)29-22(28)26-27-23(29)33-12-20(31)25-17-6-4-5-15(9-17)14(3)30/h4-10,13H,11-12H2,1-3H3,(H,25,31). The number of aromatic nitrogens is 4. The molecule has 4 rings (SSSR count). The quantitative estimate of drug-likeness (QED) is 0.311. The van der Waals surface area contributed by atoms with E-state index in [0.717, 1.165) is 0 Å². The van der Waals surface area contributed by atoms with Gasteiger partial charge >= 0.3 is 0 Å². The van der Waals surface area contributed by atoms with Gasteiger partial charge in [-0.05, 0) is 43.2 Å². The average Bonchev–Trinajstić information content (AvgIpc) is 3.19. The molecule has 1 amide bonds. The molecule has 0 aliphatic carbocycles. The lowest BCUT2D eigenvalue weighted by atomic mass is 10.1. The molecular formula is C23H22ClN5O3S. The first-order valence-corrected chi connectivity index (χ1v) is 11.7. The summed E-state index contributed by atoms with van der Waals surface area (Å²) in [5.74, 6) is 0.362. The molecule has 0 atom stereocenters. The van der Waals surface area contributed by atoms with E-state index in [1.165, 1.54) is 18.7 Å². The molecule has 1 N–H and O–H groups in total. The minimum atomic E-state index is -0.254. The number of carbonyl (C=O) groups excluding carboxylic acids is 2. The highest BCUT2D eigenvalue weighted by Crippen LogP contribution is 2.24.